The van der Waals surface area contributed by atoms with Gasteiger partial charge in [-0.05, 0) is 31.2 Å². The van der Waals surface area contributed by atoms with Crippen molar-refractivity contribution in [3.05, 3.63) is 41.3 Å². The maximum absolute atomic E-state index is 12.8. The lowest BCUT2D eigenvalue weighted by Gasteiger charge is -2.04. The van der Waals surface area contributed by atoms with Crippen LogP contribution in [-0.2, 0) is 13.6 Å². The van der Waals surface area contributed by atoms with E-state index in [1.807, 2.05) is 18.7 Å². The summed E-state index contributed by atoms with van der Waals surface area (Å²) < 4.78 is 14.6. The summed E-state index contributed by atoms with van der Waals surface area (Å²) in [6.07, 6.45) is 0. The summed E-state index contributed by atoms with van der Waals surface area (Å²) in [5.74, 6) is -0.227. The van der Waals surface area contributed by atoms with E-state index in [1.165, 1.54) is 12.1 Å². The van der Waals surface area contributed by atoms with E-state index >= 15 is 0 Å². The Kier molecular flexibility index (Phi) is 3.49. The Morgan fingerprint density at radius 1 is 1.35 bits per heavy atom. The van der Waals surface area contributed by atoms with Crippen LogP contribution in [0.4, 0.5) is 4.39 Å². The summed E-state index contributed by atoms with van der Waals surface area (Å²) in [7, 11) is 1.89. The molecule has 5 heteroatoms. The van der Waals surface area contributed by atoms with Crippen LogP contribution < -0.4 is 5.73 Å². The second-order valence-electron chi connectivity index (χ2n) is 3.75. The Bertz CT molecular complexity index is 519. The molecule has 0 atom stereocenters. The fourth-order valence-electron chi connectivity index (χ4n) is 1.66. The van der Waals surface area contributed by atoms with E-state index in [2.05, 4.69) is 5.10 Å². The number of nitrogens with zero attached hydrogens (tertiary/aromatic N) is 2. The first-order valence-electron chi connectivity index (χ1n) is 5.27. The average Bonchev–Trinajstić information content (AvgIpc) is 2.57. The van der Waals surface area contributed by atoms with E-state index in [0.29, 0.717) is 6.54 Å². The van der Waals surface area contributed by atoms with Crippen molar-refractivity contribution in [3.8, 4) is 0 Å². The number of hydrogen-bond acceptors (Lipinski definition) is 3. The second-order valence-corrected chi connectivity index (χ2v) is 4.82. The van der Waals surface area contributed by atoms with Gasteiger partial charge in [-0.15, -0.1) is 0 Å². The van der Waals surface area contributed by atoms with Gasteiger partial charge in [-0.2, -0.15) is 5.10 Å². The number of aromatic nitrogens is 2. The molecule has 2 N–H and O–H groups in total. The zero-order valence-electron chi connectivity index (χ0n) is 9.77. The molecule has 3 nitrogen and oxygen atoms in total. The van der Waals surface area contributed by atoms with Gasteiger partial charge in [-0.3, -0.25) is 4.68 Å². The molecule has 1 heterocycles. The van der Waals surface area contributed by atoms with Gasteiger partial charge in [0.25, 0.3) is 0 Å². The smallest absolute Gasteiger partial charge is 0.123 e. The van der Waals surface area contributed by atoms with Crippen LogP contribution in [0.15, 0.2) is 34.2 Å². The van der Waals surface area contributed by atoms with E-state index in [1.54, 1.807) is 23.9 Å². The lowest BCUT2D eigenvalue weighted by Crippen LogP contribution is -1.99. The van der Waals surface area contributed by atoms with Crippen LogP contribution in [0, 0.1) is 12.7 Å². The molecule has 0 radical (unpaired) electrons. The van der Waals surface area contributed by atoms with Crippen LogP contribution in [-0.4, -0.2) is 9.78 Å². The normalized spacial score (nSPS) is 10.8. The predicted octanol–water partition coefficient (Wildman–Crippen LogP) is 2.48. The molecule has 0 aliphatic rings. The molecule has 2 rings (SSSR count). The van der Waals surface area contributed by atoms with Gasteiger partial charge < -0.3 is 5.73 Å². The summed E-state index contributed by atoms with van der Waals surface area (Å²) in [6, 6.07) is 6.41. The van der Waals surface area contributed by atoms with Crippen molar-refractivity contribution in [3.63, 3.8) is 0 Å². The molecule has 17 heavy (non-hydrogen) atoms. The fourth-order valence-corrected chi connectivity index (χ4v) is 2.68. The quantitative estimate of drug-likeness (QED) is 0.911. The van der Waals surface area contributed by atoms with Crippen molar-refractivity contribution in [2.45, 2.75) is 23.4 Å². The minimum Gasteiger partial charge on any atom is -0.326 e. The molecule has 0 fully saturated rings. The Balaban J connectivity index is 2.32. The van der Waals surface area contributed by atoms with Gasteiger partial charge in [-0.1, -0.05) is 11.8 Å². The topological polar surface area (TPSA) is 43.8 Å². The molecule has 90 valence electrons. The summed E-state index contributed by atoms with van der Waals surface area (Å²) in [5, 5.41) is 5.35. The van der Waals surface area contributed by atoms with Crippen LogP contribution in [0.25, 0.3) is 0 Å². The van der Waals surface area contributed by atoms with E-state index in [4.69, 9.17) is 5.73 Å². The van der Waals surface area contributed by atoms with Crippen LogP contribution >= 0.6 is 11.8 Å². The number of halogens is 1. The number of benzene rings is 1. The molecule has 0 aliphatic carbocycles. The number of aryl methyl sites for hydroxylation is 2. The summed E-state index contributed by atoms with van der Waals surface area (Å²) in [4.78, 5) is 0.976. The van der Waals surface area contributed by atoms with Crippen molar-refractivity contribution >= 4 is 11.8 Å². The number of hydrogen-bond donors (Lipinski definition) is 1. The van der Waals surface area contributed by atoms with Crippen molar-refractivity contribution in [2.24, 2.45) is 12.8 Å². The third-order valence-electron chi connectivity index (χ3n) is 2.52. The first kappa shape index (κ1) is 12.1. The molecule has 1 aromatic carbocycles. The van der Waals surface area contributed by atoms with E-state index < -0.39 is 0 Å². The predicted molar refractivity (Wildman–Crippen MR) is 66.4 cm³/mol. The first-order chi connectivity index (χ1) is 8.11. The van der Waals surface area contributed by atoms with Crippen molar-refractivity contribution in [2.75, 3.05) is 0 Å². The van der Waals surface area contributed by atoms with E-state index in [0.717, 1.165) is 21.2 Å². The standard InChI is InChI=1S/C12H14FN3S/c1-8-11(7-14)12(16(2)15-8)17-10-5-3-9(13)4-6-10/h3-6H,7,14H2,1-2H3. The molecule has 0 unspecified atom stereocenters. The lowest BCUT2D eigenvalue weighted by atomic mass is 10.3. The molecule has 1 aromatic heterocycles. The maximum Gasteiger partial charge on any atom is 0.123 e. The van der Waals surface area contributed by atoms with Crippen LogP contribution in [0.3, 0.4) is 0 Å². The zero-order valence-corrected chi connectivity index (χ0v) is 10.6. The van der Waals surface area contributed by atoms with Crippen molar-refractivity contribution < 1.29 is 4.39 Å². The van der Waals surface area contributed by atoms with Gasteiger partial charge >= 0.3 is 0 Å². The molecular weight excluding hydrogens is 237 g/mol. The van der Waals surface area contributed by atoms with E-state index in [9.17, 15) is 4.39 Å². The monoisotopic (exact) mass is 251 g/mol. The van der Waals surface area contributed by atoms with Crippen molar-refractivity contribution in [1.82, 2.24) is 9.78 Å². The van der Waals surface area contributed by atoms with Gasteiger partial charge in [0.2, 0.25) is 0 Å². The fraction of sp³-hybridized carbons (Fsp3) is 0.250. The summed E-state index contributed by atoms with van der Waals surface area (Å²) in [6.45, 7) is 2.40. The minimum absolute atomic E-state index is 0.227. The van der Waals surface area contributed by atoms with Crippen LogP contribution in [0.1, 0.15) is 11.3 Å². The van der Waals surface area contributed by atoms with Gasteiger partial charge in [0.15, 0.2) is 0 Å². The van der Waals surface area contributed by atoms with Gasteiger partial charge in [0, 0.05) is 24.1 Å². The molecule has 0 saturated carbocycles. The number of rotatable bonds is 3. The third kappa shape index (κ3) is 2.50. The zero-order chi connectivity index (χ0) is 12.4. The largest absolute Gasteiger partial charge is 0.326 e. The lowest BCUT2D eigenvalue weighted by molar-refractivity contribution is 0.626. The molecule has 0 bridgehead atoms. The Morgan fingerprint density at radius 3 is 2.59 bits per heavy atom. The third-order valence-corrected chi connectivity index (χ3v) is 3.73. The highest BCUT2D eigenvalue weighted by molar-refractivity contribution is 7.99. The average molecular weight is 251 g/mol. The summed E-state index contributed by atoms with van der Waals surface area (Å²) in [5.41, 5.74) is 7.70. The first-order valence-corrected chi connectivity index (χ1v) is 6.09. The molecule has 0 amide bonds. The molecule has 2 aromatic rings. The van der Waals surface area contributed by atoms with Crippen LogP contribution in [0.5, 0.6) is 0 Å². The summed E-state index contributed by atoms with van der Waals surface area (Å²) >= 11 is 1.55. The Morgan fingerprint density at radius 2 is 2.00 bits per heavy atom. The Labute approximate surface area is 104 Å². The van der Waals surface area contributed by atoms with Gasteiger partial charge in [0.1, 0.15) is 10.8 Å². The molecular formula is C12H14FN3S. The molecule has 0 saturated heterocycles. The second kappa shape index (κ2) is 4.89. The SMILES string of the molecule is Cc1nn(C)c(Sc2ccc(F)cc2)c1CN. The Hall–Kier alpha value is -1.33. The van der Waals surface area contributed by atoms with Crippen LogP contribution in [0.2, 0.25) is 0 Å². The van der Waals surface area contributed by atoms with Gasteiger partial charge in [0.05, 0.1) is 5.69 Å². The number of nitrogens with two attached hydrogens (primary N) is 1. The van der Waals surface area contributed by atoms with Crippen molar-refractivity contribution in [1.29, 1.82) is 0 Å². The highest BCUT2D eigenvalue weighted by atomic mass is 32.2. The van der Waals surface area contributed by atoms with Gasteiger partial charge in [-0.25, -0.2) is 4.39 Å². The minimum atomic E-state index is -0.227. The molecule has 0 spiro atoms. The highest BCUT2D eigenvalue weighted by Gasteiger charge is 2.12. The maximum atomic E-state index is 12.8. The highest BCUT2D eigenvalue weighted by Crippen LogP contribution is 2.31. The van der Waals surface area contributed by atoms with E-state index in [-0.39, 0.29) is 5.82 Å². The molecule has 0 aliphatic heterocycles.